The molecule has 0 bridgehead atoms. The summed E-state index contributed by atoms with van der Waals surface area (Å²) in [6.45, 7) is 4.21. The molecule has 0 saturated carbocycles. The molecule has 1 aromatic carbocycles. The zero-order chi connectivity index (χ0) is 28.3. The van der Waals surface area contributed by atoms with Crippen molar-refractivity contribution in [2.24, 2.45) is 0 Å². The van der Waals surface area contributed by atoms with Gasteiger partial charge < -0.3 is 16.4 Å². The number of nitrogens with two attached hydrogens (primary N) is 1. The molecule has 0 unspecified atom stereocenters. The van der Waals surface area contributed by atoms with Crippen LogP contribution in [0.3, 0.4) is 0 Å². The number of amides is 1. The van der Waals surface area contributed by atoms with Gasteiger partial charge >= 0.3 is 6.18 Å². The number of anilines is 2. The van der Waals surface area contributed by atoms with Crippen LogP contribution in [0, 0.1) is 11.8 Å². The molecule has 1 saturated heterocycles. The van der Waals surface area contributed by atoms with Crippen molar-refractivity contribution in [2.75, 3.05) is 30.7 Å². The van der Waals surface area contributed by atoms with Crippen LogP contribution in [0.2, 0.25) is 0 Å². The van der Waals surface area contributed by atoms with Gasteiger partial charge in [-0.1, -0.05) is 17.9 Å². The quantitative estimate of drug-likeness (QED) is 0.332. The van der Waals surface area contributed by atoms with E-state index in [1.807, 2.05) is 17.9 Å². The van der Waals surface area contributed by atoms with Crippen molar-refractivity contribution >= 4 is 28.3 Å². The Labute approximate surface area is 228 Å². The molecule has 0 radical (unpaired) electrons. The van der Waals surface area contributed by atoms with Gasteiger partial charge in [0.25, 0.3) is 5.91 Å². The highest BCUT2D eigenvalue weighted by molar-refractivity contribution is 6.04. The van der Waals surface area contributed by atoms with E-state index in [-0.39, 0.29) is 29.4 Å². The highest BCUT2D eigenvalue weighted by atomic mass is 19.4. The van der Waals surface area contributed by atoms with Gasteiger partial charge in [-0.25, -0.2) is 4.98 Å². The lowest BCUT2D eigenvalue weighted by molar-refractivity contribution is -0.138. The predicted molar refractivity (Wildman–Crippen MR) is 146 cm³/mol. The summed E-state index contributed by atoms with van der Waals surface area (Å²) in [5.41, 5.74) is 7.06. The third kappa shape index (κ3) is 6.20. The number of carbonyl (C=O) groups is 1. The summed E-state index contributed by atoms with van der Waals surface area (Å²) in [6, 6.07) is 9.20. The molecule has 4 heterocycles. The number of halogens is 3. The molecule has 4 aromatic rings. The van der Waals surface area contributed by atoms with Gasteiger partial charge in [0.2, 0.25) is 0 Å². The Hall–Kier alpha value is -4.53. The molecule has 1 atom stereocenters. The monoisotopic (exact) mass is 545 g/mol. The number of nitrogens with zero attached hydrogens (tertiary/aromatic N) is 4. The molecule has 8 nitrogen and oxygen atoms in total. The first kappa shape index (κ1) is 27.1. The third-order valence-electron chi connectivity index (χ3n) is 6.54. The van der Waals surface area contributed by atoms with Gasteiger partial charge in [-0.15, -0.1) is 0 Å². The number of hydrogen-bond donors (Lipinski definition) is 3. The van der Waals surface area contributed by atoms with Gasteiger partial charge in [-0.3, -0.25) is 19.7 Å². The lowest BCUT2D eigenvalue weighted by Crippen LogP contribution is -2.48. The number of carbonyl (C=O) groups excluding carboxylic acids is 1. The van der Waals surface area contributed by atoms with Gasteiger partial charge in [0.15, 0.2) is 0 Å². The molecule has 1 fully saturated rings. The average molecular weight is 546 g/mol. The van der Waals surface area contributed by atoms with E-state index in [0.717, 1.165) is 18.0 Å². The molecule has 1 amide bonds. The highest BCUT2D eigenvalue weighted by Gasteiger charge is 2.34. The molecule has 1 aliphatic heterocycles. The maximum absolute atomic E-state index is 13.9. The largest absolute Gasteiger partial charge is 0.416 e. The number of aromatic nitrogens is 3. The van der Waals surface area contributed by atoms with E-state index in [1.165, 1.54) is 30.6 Å². The maximum atomic E-state index is 13.9. The van der Waals surface area contributed by atoms with E-state index >= 15 is 0 Å². The van der Waals surface area contributed by atoms with Crippen LogP contribution in [0.25, 0.3) is 10.9 Å². The second kappa shape index (κ2) is 11.3. The maximum Gasteiger partial charge on any atom is 0.416 e. The summed E-state index contributed by atoms with van der Waals surface area (Å²) < 4.78 is 41.8. The molecule has 0 aliphatic carbocycles. The fraction of sp³-hybridized carbons (Fsp3) is 0.241. The first-order valence-electron chi connectivity index (χ1n) is 12.6. The molecule has 0 spiro atoms. The van der Waals surface area contributed by atoms with Crippen molar-refractivity contribution in [3.05, 3.63) is 89.0 Å². The topological polar surface area (TPSA) is 109 Å². The summed E-state index contributed by atoms with van der Waals surface area (Å²) in [5.74, 6) is 5.64. The molecule has 11 heteroatoms. The van der Waals surface area contributed by atoms with E-state index in [2.05, 4.69) is 37.4 Å². The first-order chi connectivity index (χ1) is 19.2. The van der Waals surface area contributed by atoms with Crippen molar-refractivity contribution < 1.29 is 18.0 Å². The third-order valence-corrected chi connectivity index (χ3v) is 6.54. The SMILES string of the molecule is C[C@H]1CN(Cc2ccc(NC(=O)c3cncc(C#Cc4cnc(N)c5ncccc45)c3)cc2C(F)(F)F)CCN1. The number of nitrogen functional groups attached to an aromatic ring is 1. The number of alkyl halides is 3. The van der Waals surface area contributed by atoms with E-state index in [4.69, 9.17) is 5.73 Å². The Balaban J connectivity index is 1.35. The van der Waals surface area contributed by atoms with Crippen LogP contribution >= 0.6 is 0 Å². The van der Waals surface area contributed by atoms with Gasteiger partial charge in [-0.2, -0.15) is 13.2 Å². The second-order valence-corrected chi connectivity index (χ2v) is 9.58. The zero-order valence-corrected chi connectivity index (χ0v) is 21.6. The van der Waals surface area contributed by atoms with Gasteiger partial charge in [0, 0.05) is 73.6 Å². The minimum absolute atomic E-state index is 0.0400. The zero-order valence-electron chi connectivity index (χ0n) is 21.6. The Kier molecular flexibility index (Phi) is 7.64. The summed E-state index contributed by atoms with van der Waals surface area (Å²) in [4.78, 5) is 27.4. The lowest BCUT2D eigenvalue weighted by atomic mass is 10.0. The summed E-state index contributed by atoms with van der Waals surface area (Å²) in [7, 11) is 0. The van der Waals surface area contributed by atoms with E-state index in [9.17, 15) is 18.0 Å². The normalized spacial score (nSPS) is 15.8. The van der Waals surface area contributed by atoms with Crippen molar-refractivity contribution in [1.29, 1.82) is 0 Å². The van der Waals surface area contributed by atoms with Crippen molar-refractivity contribution in [3.8, 4) is 11.8 Å². The number of fused-ring (bicyclic) bond motifs is 1. The van der Waals surface area contributed by atoms with Crippen LogP contribution in [-0.4, -0.2) is 51.4 Å². The lowest BCUT2D eigenvalue weighted by Gasteiger charge is -2.32. The smallest absolute Gasteiger partial charge is 0.382 e. The van der Waals surface area contributed by atoms with Crippen LogP contribution in [0.4, 0.5) is 24.7 Å². The van der Waals surface area contributed by atoms with Crippen molar-refractivity contribution in [3.63, 3.8) is 0 Å². The minimum atomic E-state index is -4.57. The van der Waals surface area contributed by atoms with E-state index in [0.29, 0.717) is 35.6 Å². The fourth-order valence-electron chi connectivity index (χ4n) is 4.62. The standard InChI is InChI=1S/C29H26F3N7O/c1-18-16-39(10-9-35-18)17-21-6-7-23(12-25(21)29(30,31)32)38-28(40)22-11-19(13-34-14-22)4-5-20-15-37-27(33)26-24(20)3-2-8-36-26/h2-3,6-8,11-15,18,35H,9-10,16-17H2,1H3,(H2,33,37)(H,38,40)/t18-/m0/s1. The molecule has 1 aliphatic rings. The van der Waals surface area contributed by atoms with Crippen LogP contribution < -0.4 is 16.4 Å². The predicted octanol–water partition coefficient (Wildman–Crippen LogP) is 4.07. The van der Waals surface area contributed by atoms with Crippen LogP contribution in [-0.2, 0) is 12.7 Å². The fourth-order valence-corrected chi connectivity index (χ4v) is 4.62. The number of benzene rings is 1. The Morgan fingerprint density at radius 2 is 2.02 bits per heavy atom. The Morgan fingerprint density at radius 1 is 1.18 bits per heavy atom. The molecule has 4 N–H and O–H groups in total. The van der Waals surface area contributed by atoms with Crippen molar-refractivity contribution in [1.82, 2.24) is 25.2 Å². The molecule has 5 rings (SSSR count). The van der Waals surface area contributed by atoms with E-state index < -0.39 is 17.6 Å². The van der Waals surface area contributed by atoms with Gasteiger partial charge in [0.05, 0.1) is 16.7 Å². The van der Waals surface area contributed by atoms with E-state index in [1.54, 1.807) is 18.5 Å². The highest BCUT2D eigenvalue weighted by Crippen LogP contribution is 2.34. The summed E-state index contributed by atoms with van der Waals surface area (Å²) in [6.07, 6.45) is 1.41. The summed E-state index contributed by atoms with van der Waals surface area (Å²) in [5, 5.41) is 6.58. The minimum Gasteiger partial charge on any atom is -0.382 e. The first-order valence-corrected chi connectivity index (χ1v) is 12.6. The molecular formula is C29H26F3N7O. The number of rotatable bonds is 4. The number of pyridine rings is 3. The molecular weight excluding hydrogens is 519 g/mol. The Morgan fingerprint density at radius 3 is 2.83 bits per heavy atom. The van der Waals surface area contributed by atoms with Gasteiger partial charge in [-0.05, 0) is 42.8 Å². The molecule has 204 valence electrons. The van der Waals surface area contributed by atoms with Crippen LogP contribution in [0.1, 0.15) is 39.5 Å². The van der Waals surface area contributed by atoms with Crippen LogP contribution in [0.5, 0.6) is 0 Å². The average Bonchev–Trinajstić information content (AvgIpc) is 2.93. The van der Waals surface area contributed by atoms with Crippen LogP contribution in [0.15, 0.2) is 61.2 Å². The number of piperazine rings is 1. The second-order valence-electron chi connectivity index (χ2n) is 9.58. The van der Waals surface area contributed by atoms with Gasteiger partial charge in [0.1, 0.15) is 11.3 Å². The number of nitrogens with one attached hydrogen (secondary N) is 2. The number of hydrogen-bond acceptors (Lipinski definition) is 7. The van der Waals surface area contributed by atoms with Crippen molar-refractivity contribution in [2.45, 2.75) is 25.7 Å². The molecule has 40 heavy (non-hydrogen) atoms. The summed E-state index contributed by atoms with van der Waals surface area (Å²) >= 11 is 0. The molecule has 3 aromatic heterocycles. The Bertz CT molecular complexity index is 1630.